The smallest absolute Gasteiger partial charge is 0.264 e. The van der Waals surface area contributed by atoms with Crippen LogP contribution in [0.2, 0.25) is 18.6 Å². The Morgan fingerprint density at radius 3 is 2.72 bits per heavy atom. The molecule has 0 radical (unpaired) electrons. The first-order valence-corrected chi connectivity index (χ1v) is 19.5. The predicted molar refractivity (Wildman–Crippen MR) is 178 cm³/mol. The number of halogens is 1. The first kappa shape index (κ1) is 33.3. The van der Waals surface area contributed by atoms with Crippen molar-refractivity contribution >= 4 is 31.6 Å². The summed E-state index contributed by atoms with van der Waals surface area (Å²) in [7, 11) is -1.75. The Morgan fingerprint density at radius 2 is 2.04 bits per heavy atom. The zero-order valence-corrected chi connectivity index (χ0v) is 28.5. The van der Waals surface area contributed by atoms with Gasteiger partial charge in [0, 0.05) is 55.0 Å². The second kappa shape index (κ2) is 13.5. The van der Waals surface area contributed by atoms with Crippen LogP contribution in [0.3, 0.4) is 0 Å². The van der Waals surface area contributed by atoms with Gasteiger partial charge in [-0.15, -0.1) is 5.10 Å². The third kappa shape index (κ3) is 6.45. The number of rotatable bonds is 11. The zero-order chi connectivity index (χ0) is 33.3. The minimum Gasteiger partial charge on any atom is -0.497 e. The molecule has 4 heterocycles. The molecule has 3 N–H and O–H groups in total. The lowest BCUT2D eigenvalue weighted by Crippen LogP contribution is -2.45. The number of nitrogens with one attached hydrogen (secondary N) is 2. The number of ether oxygens (including phenoxy) is 2. The average molecular weight is 665 g/mol. The number of aliphatic hydroxyl groups excluding tert-OH is 1. The average Bonchev–Trinajstić information content (AvgIpc) is 3.71. The Bertz CT molecular complexity index is 1590. The molecule has 2 amide bonds. The van der Waals surface area contributed by atoms with E-state index in [1.54, 1.807) is 36.0 Å². The topological polar surface area (TPSA) is 131 Å². The summed E-state index contributed by atoms with van der Waals surface area (Å²) in [4.78, 5) is 29.2. The number of carbonyl (C=O) groups is 2. The van der Waals surface area contributed by atoms with E-state index in [-0.39, 0.29) is 30.9 Å². The molecule has 3 aliphatic rings. The minimum absolute atomic E-state index is 0.00900. The summed E-state index contributed by atoms with van der Waals surface area (Å²) in [5, 5.41) is 23.8. The summed E-state index contributed by atoms with van der Waals surface area (Å²) < 4.78 is 30.3. The summed E-state index contributed by atoms with van der Waals surface area (Å²) in [5.41, 5.74) is 1.86. The van der Waals surface area contributed by atoms with Gasteiger partial charge in [-0.05, 0) is 74.8 Å². The number of carbonyl (C=O) groups excluding carboxylic acids is 2. The monoisotopic (exact) mass is 664 g/mol. The SMILES string of the molecule is COc1ccc2c(c1)[C@@]1(O[C@H](CCn3cc(CCO)nn3)[C@@H]([Si](C)(C)F)[C@@H]1C)C(=O)N2Cc1ccc(NC(=O)C2CCCNC2)cc1. The lowest BCUT2D eigenvalue weighted by atomic mass is 9.82. The number of hydrogen-bond donors (Lipinski definition) is 3. The van der Waals surface area contributed by atoms with Gasteiger partial charge in [0.2, 0.25) is 14.3 Å². The molecule has 47 heavy (non-hydrogen) atoms. The summed E-state index contributed by atoms with van der Waals surface area (Å²) in [6, 6.07) is 13.1. The molecule has 1 unspecified atom stereocenters. The lowest BCUT2D eigenvalue weighted by Gasteiger charge is -2.31. The number of nitrogens with zero attached hydrogens (tertiary/aromatic N) is 4. The molecular formula is C34H45FN6O5Si. The highest BCUT2D eigenvalue weighted by Gasteiger charge is 2.66. The van der Waals surface area contributed by atoms with Crippen molar-refractivity contribution in [3.05, 3.63) is 65.5 Å². The summed E-state index contributed by atoms with van der Waals surface area (Å²) in [5.74, 6) is -0.0942. The minimum atomic E-state index is -3.33. The molecular weight excluding hydrogens is 619 g/mol. The molecule has 2 fully saturated rings. The number of aliphatic hydroxyl groups is 1. The Hall–Kier alpha value is -3.65. The van der Waals surface area contributed by atoms with Gasteiger partial charge in [0.1, 0.15) is 5.75 Å². The largest absolute Gasteiger partial charge is 0.497 e. The van der Waals surface area contributed by atoms with Crippen LogP contribution in [0.15, 0.2) is 48.7 Å². The summed E-state index contributed by atoms with van der Waals surface area (Å²) in [6.45, 7) is 7.65. The van der Waals surface area contributed by atoms with Crippen molar-refractivity contribution in [2.24, 2.45) is 11.8 Å². The van der Waals surface area contributed by atoms with E-state index in [0.29, 0.717) is 54.3 Å². The molecule has 0 aliphatic carbocycles. The Morgan fingerprint density at radius 1 is 1.26 bits per heavy atom. The number of amides is 2. The molecule has 0 bridgehead atoms. The number of anilines is 2. The highest BCUT2D eigenvalue weighted by molar-refractivity contribution is 6.72. The molecule has 11 nitrogen and oxygen atoms in total. The fourth-order valence-corrected chi connectivity index (χ4v) is 10.3. The molecule has 1 aromatic heterocycles. The molecule has 6 rings (SSSR count). The quantitative estimate of drug-likeness (QED) is 0.206. The maximum Gasteiger partial charge on any atom is 0.264 e. The third-order valence-electron chi connectivity index (χ3n) is 9.99. The van der Waals surface area contributed by atoms with Gasteiger partial charge >= 0.3 is 0 Å². The van der Waals surface area contributed by atoms with Crippen LogP contribution in [0.4, 0.5) is 15.5 Å². The van der Waals surface area contributed by atoms with E-state index in [9.17, 15) is 14.7 Å². The molecule has 252 valence electrons. The van der Waals surface area contributed by atoms with Crippen molar-refractivity contribution in [3.8, 4) is 5.75 Å². The number of aryl methyl sites for hydroxylation is 1. The normalized spacial score (nSPS) is 25.7. The highest BCUT2D eigenvalue weighted by atomic mass is 28.4. The fraction of sp³-hybridized carbons (Fsp3) is 0.529. The summed E-state index contributed by atoms with van der Waals surface area (Å²) in [6.07, 6.45) is 3.98. The van der Waals surface area contributed by atoms with Crippen molar-refractivity contribution in [1.29, 1.82) is 0 Å². The highest BCUT2D eigenvalue weighted by Crippen LogP contribution is 2.60. The number of aromatic nitrogens is 3. The van der Waals surface area contributed by atoms with Gasteiger partial charge in [-0.2, -0.15) is 0 Å². The number of benzene rings is 2. The molecule has 3 aliphatic heterocycles. The second-order valence-corrected chi connectivity index (χ2v) is 17.3. The molecule has 0 saturated carbocycles. The first-order valence-electron chi connectivity index (χ1n) is 16.5. The van der Waals surface area contributed by atoms with Gasteiger partial charge in [-0.1, -0.05) is 24.3 Å². The van der Waals surface area contributed by atoms with Crippen LogP contribution in [0.5, 0.6) is 5.75 Å². The maximum absolute atomic E-state index is 16.2. The Labute approximate surface area is 276 Å². The summed E-state index contributed by atoms with van der Waals surface area (Å²) >= 11 is 0. The van der Waals surface area contributed by atoms with Crippen LogP contribution < -0.4 is 20.3 Å². The van der Waals surface area contributed by atoms with Crippen molar-refractivity contribution in [3.63, 3.8) is 0 Å². The molecule has 5 atom stereocenters. The Balaban J connectivity index is 1.26. The molecule has 13 heteroatoms. The predicted octanol–water partition coefficient (Wildman–Crippen LogP) is 4.17. The zero-order valence-electron chi connectivity index (χ0n) is 27.5. The molecule has 3 aromatic rings. The number of methoxy groups -OCH3 is 1. The van der Waals surface area contributed by atoms with Crippen molar-refractivity contribution in [2.75, 3.05) is 37.0 Å². The van der Waals surface area contributed by atoms with Crippen LogP contribution in [0.25, 0.3) is 0 Å². The van der Waals surface area contributed by atoms with Crippen molar-refractivity contribution in [2.45, 2.75) is 76.0 Å². The maximum atomic E-state index is 16.2. The van der Waals surface area contributed by atoms with Crippen LogP contribution in [0.1, 0.15) is 43.0 Å². The molecule has 2 saturated heterocycles. The van der Waals surface area contributed by atoms with Crippen molar-refractivity contribution < 1.29 is 28.3 Å². The number of piperidine rings is 1. The van der Waals surface area contributed by atoms with Crippen LogP contribution in [0, 0.1) is 11.8 Å². The Kier molecular flexibility index (Phi) is 9.52. The second-order valence-electron chi connectivity index (χ2n) is 13.5. The van der Waals surface area contributed by atoms with E-state index in [1.807, 2.05) is 49.4 Å². The van der Waals surface area contributed by atoms with Gasteiger partial charge in [0.05, 0.1) is 37.1 Å². The van der Waals surface area contributed by atoms with Crippen LogP contribution in [-0.2, 0) is 39.4 Å². The number of fused-ring (bicyclic) bond motifs is 2. The lowest BCUT2D eigenvalue weighted by molar-refractivity contribution is -0.146. The van der Waals surface area contributed by atoms with Gasteiger partial charge in [-0.25, -0.2) is 0 Å². The molecule has 2 aromatic carbocycles. The standard InChI is InChI=1S/C34H45FN6O5Si/c1-22-31(47(3,4)35)30(13-16-40-21-26(14-17-42)38-39-40)46-34(22)28-18-27(45-2)11-12-29(28)41(33(34)44)20-23-7-9-25(10-8-23)37-32(43)24-6-5-15-36-19-24/h7-12,18,21-22,24,30-31,36,42H,5-6,13-17,19-20H2,1-4H3,(H,37,43)/t22-,24?,30+,31-,34+/m0/s1. The van der Waals surface area contributed by atoms with Gasteiger partial charge in [0.15, 0.2) is 5.60 Å². The van der Waals surface area contributed by atoms with E-state index >= 15 is 4.11 Å². The van der Waals surface area contributed by atoms with Gasteiger partial charge in [-0.3, -0.25) is 14.3 Å². The third-order valence-corrected chi connectivity index (χ3v) is 12.5. The van der Waals surface area contributed by atoms with Gasteiger partial charge < -0.3 is 34.2 Å². The van der Waals surface area contributed by atoms with E-state index in [4.69, 9.17) is 9.47 Å². The molecule has 1 spiro atoms. The van der Waals surface area contributed by atoms with E-state index in [2.05, 4.69) is 20.9 Å². The fourth-order valence-electron chi connectivity index (χ4n) is 7.71. The van der Waals surface area contributed by atoms with E-state index in [0.717, 1.165) is 24.9 Å². The first-order chi connectivity index (χ1) is 22.5. The van der Waals surface area contributed by atoms with Crippen LogP contribution in [-0.4, -0.2) is 73.2 Å². The van der Waals surface area contributed by atoms with E-state index < -0.39 is 31.6 Å². The van der Waals surface area contributed by atoms with Gasteiger partial charge in [0.25, 0.3) is 5.91 Å². The van der Waals surface area contributed by atoms with Crippen molar-refractivity contribution in [1.82, 2.24) is 20.3 Å². The van der Waals surface area contributed by atoms with Crippen LogP contribution >= 0.6 is 0 Å². The van der Waals surface area contributed by atoms with E-state index in [1.165, 1.54) is 0 Å². The number of hydrogen-bond acceptors (Lipinski definition) is 8.